The molecule has 0 saturated carbocycles. The van der Waals surface area contributed by atoms with Crippen LogP contribution in [0.3, 0.4) is 0 Å². The van der Waals surface area contributed by atoms with Gasteiger partial charge in [-0.05, 0) is 12.1 Å². The van der Waals surface area contributed by atoms with Crippen LogP contribution in [0.25, 0.3) is 10.9 Å². The van der Waals surface area contributed by atoms with Crippen LogP contribution in [0, 0.1) is 0 Å². The van der Waals surface area contributed by atoms with Crippen molar-refractivity contribution in [3.05, 3.63) is 36.0 Å². The van der Waals surface area contributed by atoms with Crippen molar-refractivity contribution in [1.82, 2.24) is 4.98 Å². The minimum Gasteiger partial charge on any atom is -0.366 e. The van der Waals surface area contributed by atoms with E-state index < -0.39 is 30.6 Å². The molecule has 1 fully saturated rings. The van der Waals surface area contributed by atoms with Gasteiger partial charge in [0.1, 0.15) is 0 Å². The van der Waals surface area contributed by atoms with Crippen molar-refractivity contribution in [3.63, 3.8) is 0 Å². The maximum absolute atomic E-state index is 13.1. The van der Waals surface area contributed by atoms with Gasteiger partial charge in [0.05, 0.1) is 24.2 Å². The van der Waals surface area contributed by atoms with Gasteiger partial charge in [0.25, 0.3) is 0 Å². The van der Waals surface area contributed by atoms with Crippen LogP contribution in [0.5, 0.6) is 0 Å². The van der Waals surface area contributed by atoms with Crippen LogP contribution in [0.15, 0.2) is 30.5 Å². The maximum atomic E-state index is 13.1. The number of benzene rings is 1. The highest BCUT2D eigenvalue weighted by atomic mass is 19.4. The predicted octanol–water partition coefficient (Wildman–Crippen LogP) is 4.02. The Labute approximate surface area is 132 Å². The van der Waals surface area contributed by atoms with Gasteiger partial charge < -0.3 is 9.64 Å². The highest BCUT2D eigenvalue weighted by Gasteiger charge is 2.43. The second-order valence-corrected chi connectivity index (χ2v) is 5.38. The van der Waals surface area contributed by atoms with E-state index >= 15 is 0 Å². The largest absolute Gasteiger partial charge is 0.418 e. The van der Waals surface area contributed by atoms with E-state index in [1.807, 2.05) is 0 Å². The highest BCUT2D eigenvalue weighted by Crippen LogP contribution is 2.37. The van der Waals surface area contributed by atoms with E-state index in [-0.39, 0.29) is 29.7 Å². The molecule has 0 aliphatic carbocycles. The molecule has 0 spiro atoms. The van der Waals surface area contributed by atoms with Crippen LogP contribution in [-0.2, 0) is 10.9 Å². The first-order valence-corrected chi connectivity index (χ1v) is 7.06. The Bertz CT molecular complexity index is 743. The maximum Gasteiger partial charge on any atom is 0.418 e. The molecule has 1 aliphatic rings. The Kier molecular flexibility index (Phi) is 4.06. The van der Waals surface area contributed by atoms with Crippen LogP contribution < -0.4 is 4.90 Å². The van der Waals surface area contributed by atoms with Crippen molar-refractivity contribution in [1.29, 1.82) is 0 Å². The van der Waals surface area contributed by atoms with Gasteiger partial charge in [0, 0.05) is 23.8 Å². The second kappa shape index (κ2) is 5.80. The predicted molar refractivity (Wildman–Crippen MR) is 74.8 cm³/mol. The summed E-state index contributed by atoms with van der Waals surface area (Å²) in [7, 11) is 0. The molecule has 1 aliphatic heterocycles. The van der Waals surface area contributed by atoms with E-state index in [9.17, 15) is 26.3 Å². The molecule has 1 atom stereocenters. The van der Waals surface area contributed by atoms with E-state index in [2.05, 4.69) is 4.98 Å². The van der Waals surface area contributed by atoms with Crippen molar-refractivity contribution < 1.29 is 31.1 Å². The molecular weight excluding hydrogens is 338 g/mol. The Morgan fingerprint density at radius 2 is 1.83 bits per heavy atom. The van der Waals surface area contributed by atoms with E-state index in [0.29, 0.717) is 0 Å². The number of halogens is 6. The second-order valence-electron chi connectivity index (χ2n) is 5.38. The van der Waals surface area contributed by atoms with E-state index in [0.717, 1.165) is 6.07 Å². The number of rotatable bonds is 1. The van der Waals surface area contributed by atoms with Crippen LogP contribution in [0.2, 0.25) is 0 Å². The molecule has 0 amide bonds. The summed E-state index contributed by atoms with van der Waals surface area (Å²) in [6.45, 7) is -0.478. The first-order chi connectivity index (χ1) is 11.2. The van der Waals surface area contributed by atoms with E-state index in [1.165, 1.54) is 29.3 Å². The van der Waals surface area contributed by atoms with Crippen LogP contribution in [0.1, 0.15) is 5.56 Å². The molecule has 1 unspecified atom stereocenters. The number of fused-ring (bicyclic) bond motifs is 1. The Balaban J connectivity index is 2.04. The number of hydrogen-bond donors (Lipinski definition) is 0. The molecule has 24 heavy (non-hydrogen) atoms. The van der Waals surface area contributed by atoms with Crippen LogP contribution in [-0.4, -0.2) is 37.0 Å². The van der Waals surface area contributed by atoms with E-state index in [4.69, 9.17) is 4.74 Å². The lowest BCUT2D eigenvalue weighted by atomic mass is 10.1. The van der Waals surface area contributed by atoms with Gasteiger partial charge in [-0.15, -0.1) is 0 Å². The molecule has 3 rings (SSSR count). The molecule has 3 nitrogen and oxygen atoms in total. The lowest BCUT2D eigenvalue weighted by molar-refractivity contribution is -0.221. The molecular formula is C15H12F6N2O. The average molecular weight is 350 g/mol. The zero-order chi connectivity index (χ0) is 17.5. The van der Waals surface area contributed by atoms with E-state index in [1.54, 1.807) is 0 Å². The van der Waals surface area contributed by atoms with Crippen molar-refractivity contribution in [2.45, 2.75) is 18.5 Å². The molecule has 2 aromatic rings. The quantitative estimate of drug-likeness (QED) is 0.727. The van der Waals surface area contributed by atoms with Crippen molar-refractivity contribution in [3.8, 4) is 0 Å². The zero-order valence-corrected chi connectivity index (χ0v) is 12.2. The number of alkyl halides is 6. The molecule has 0 N–H and O–H groups in total. The molecule has 130 valence electrons. The Morgan fingerprint density at radius 1 is 1.08 bits per heavy atom. The Hall–Kier alpha value is -2.03. The normalized spacial score (nSPS) is 19.8. The smallest absolute Gasteiger partial charge is 0.366 e. The SMILES string of the molecule is FC(F)(F)c1cccc2c(N3CCOC(C(F)(F)F)C3)ccnc12. The third-order valence-corrected chi connectivity index (χ3v) is 3.83. The first kappa shape index (κ1) is 16.8. The minimum absolute atomic E-state index is 0.155. The van der Waals surface area contributed by atoms with Crippen molar-refractivity contribution >= 4 is 16.6 Å². The third-order valence-electron chi connectivity index (χ3n) is 3.83. The van der Waals surface area contributed by atoms with Gasteiger partial charge >= 0.3 is 12.4 Å². The summed E-state index contributed by atoms with van der Waals surface area (Å²) < 4.78 is 82.5. The molecule has 0 radical (unpaired) electrons. The van der Waals surface area contributed by atoms with Gasteiger partial charge in [0.2, 0.25) is 0 Å². The monoisotopic (exact) mass is 350 g/mol. The first-order valence-electron chi connectivity index (χ1n) is 7.06. The molecule has 1 saturated heterocycles. The zero-order valence-electron chi connectivity index (χ0n) is 12.2. The lowest BCUT2D eigenvalue weighted by Crippen LogP contribution is -2.49. The number of para-hydroxylation sites is 1. The Morgan fingerprint density at radius 3 is 2.50 bits per heavy atom. The van der Waals surface area contributed by atoms with Gasteiger partial charge in [0.15, 0.2) is 6.10 Å². The summed E-state index contributed by atoms with van der Waals surface area (Å²) in [5.74, 6) is 0. The fourth-order valence-electron chi connectivity index (χ4n) is 2.73. The lowest BCUT2D eigenvalue weighted by Gasteiger charge is -2.35. The number of aromatic nitrogens is 1. The minimum atomic E-state index is -4.59. The average Bonchev–Trinajstić information content (AvgIpc) is 2.52. The standard InChI is InChI=1S/C15H12F6N2O/c16-14(17,18)10-3-1-2-9-11(4-5-22-13(9)10)23-6-7-24-12(8-23)15(19,20)21/h1-5,12H,6-8H2. The van der Waals surface area contributed by atoms with Gasteiger partial charge in [-0.3, -0.25) is 4.98 Å². The topological polar surface area (TPSA) is 25.4 Å². The third kappa shape index (κ3) is 3.12. The summed E-state index contributed by atoms with van der Waals surface area (Å²) in [5, 5.41) is 0.162. The summed E-state index contributed by atoms with van der Waals surface area (Å²) >= 11 is 0. The molecule has 1 aromatic heterocycles. The van der Waals surface area contributed by atoms with Crippen molar-refractivity contribution in [2.75, 3.05) is 24.6 Å². The number of pyridine rings is 1. The van der Waals surface area contributed by atoms with Crippen LogP contribution >= 0.6 is 0 Å². The summed E-state index contributed by atoms with van der Waals surface area (Å²) in [5.41, 5.74) is -0.913. The molecule has 2 heterocycles. The van der Waals surface area contributed by atoms with Gasteiger partial charge in [-0.25, -0.2) is 0 Å². The summed E-state index contributed by atoms with van der Waals surface area (Å²) in [6, 6.07) is 4.96. The number of ether oxygens (including phenoxy) is 1. The summed E-state index contributed by atoms with van der Waals surface area (Å²) in [6.07, 6.45) is -9.92. The van der Waals surface area contributed by atoms with Crippen LogP contribution in [0.4, 0.5) is 32.0 Å². The van der Waals surface area contributed by atoms with Crippen molar-refractivity contribution in [2.24, 2.45) is 0 Å². The fraction of sp³-hybridized carbons (Fsp3) is 0.400. The van der Waals surface area contributed by atoms with Gasteiger partial charge in [-0.2, -0.15) is 26.3 Å². The number of morpholine rings is 1. The molecule has 9 heteroatoms. The number of hydrogen-bond acceptors (Lipinski definition) is 3. The summed E-state index contributed by atoms with van der Waals surface area (Å²) in [4.78, 5) is 5.15. The number of anilines is 1. The molecule has 0 bridgehead atoms. The van der Waals surface area contributed by atoms with Gasteiger partial charge in [-0.1, -0.05) is 12.1 Å². The molecule has 1 aromatic carbocycles. The fourth-order valence-corrected chi connectivity index (χ4v) is 2.73. The number of nitrogens with zero attached hydrogens (tertiary/aromatic N) is 2. The highest BCUT2D eigenvalue weighted by molar-refractivity contribution is 5.93.